The van der Waals surface area contributed by atoms with Crippen LogP contribution in [0.1, 0.15) is 44.1 Å². The predicted molar refractivity (Wildman–Crippen MR) is 119 cm³/mol. The highest BCUT2D eigenvalue weighted by atomic mass is 79.9. The van der Waals surface area contributed by atoms with Crippen molar-refractivity contribution in [1.29, 1.82) is 0 Å². The van der Waals surface area contributed by atoms with Crippen LogP contribution in [0.2, 0.25) is 0 Å². The van der Waals surface area contributed by atoms with Crippen LogP contribution in [0, 0.1) is 0 Å². The number of hydrogen-bond donors (Lipinski definition) is 1. The van der Waals surface area contributed by atoms with E-state index in [9.17, 15) is 18.3 Å². The monoisotopic (exact) mass is 490 g/mol. The zero-order valence-corrected chi connectivity index (χ0v) is 19.1. The van der Waals surface area contributed by atoms with Gasteiger partial charge in [0.15, 0.2) is 4.90 Å². The average Bonchev–Trinajstić information content (AvgIpc) is 2.72. The summed E-state index contributed by atoms with van der Waals surface area (Å²) in [7, 11) is -4.26. The van der Waals surface area contributed by atoms with Gasteiger partial charge in [0.1, 0.15) is 5.82 Å². The van der Waals surface area contributed by atoms with Gasteiger partial charge in [-0.05, 0) is 43.2 Å². The van der Waals surface area contributed by atoms with E-state index in [-0.39, 0.29) is 4.90 Å². The van der Waals surface area contributed by atoms with Crippen LogP contribution in [0.4, 0.5) is 0 Å². The Morgan fingerprint density at radius 3 is 2.33 bits per heavy atom. The van der Waals surface area contributed by atoms with Crippen LogP contribution in [0.25, 0.3) is 0 Å². The van der Waals surface area contributed by atoms with E-state index in [4.69, 9.17) is 0 Å². The number of aromatic hydroxyl groups is 1. The minimum atomic E-state index is -4.26. The zero-order valence-electron chi connectivity index (χ0n) is 16.7. The maximum atomic E-state index is 13.4. The highest BCUT2D eigenvalue weighted by molar-refractivity contribution is 9.10. The summed E-state index contributed by atoms with van der Waals surface area (Å²) in [5, 5.41) is 10.5. The summed E-state index contributed by atoms with van der Waals surface area (Å²) in [6.45, 7) is 3.83. The first-order valence-corrected chi connectivity index (χ1v) is 11.9. The van der Waals surface area contributed by atoms with Crippen LogP contribution in [0.3, 0.4) is 0 Å². The third-order valence-corrected chi connectivity index (χ3v) is 7.26. The number of aryl methyl sites for hydroxylation is 1. The molecule has 30 heavy (non-hydrogen) atoms. The SMILES string of the molecule is CCCCc1nc(O)c(S(=O)(=O)c2ccc(Br)cc2)c(=O)n1C(C)c1ccccc1. The number of aromatic nitrogens is 2. The number of unbranched alkanes of at least 4 members (excludes halogenated alkanes) is 1. The summed E-state index contributed by atoms with van der Waals surface area (Å²) in [6, 6.07) is 14.8. The normalized spacial score (nSPS) is 12.6. The van der Waals surface area contributed by atoms with Gasteiger partial charge in [-0.25, -0.2) is 8.42 Å². The Morgan fingerprint density at radius 1 is 1.10 bits per heavy atom. The number of rotatable bonds is 7. The van der Waals surface area contributed by atoms with E-state index >= 15 is 0 Å². The van der Waals surface area contributed by atoms with Crippen molar-refractivity contribution in [3.8, 4) is 5.88 Å². The predicted octanol–water partition coefficient (Wildman–Crippen LogP) is 4.50. The molecule has 0 aliphatic carbocycles. The molecule has 3 rings (SSSR count). The van der Waals surface area contributed by atoms with Crippen LogP contribution in [0.5, 0.6) is 5.88 Å². The topological polar surface area (TPSA) is 89.3 Å². The quantitative estimate of drug-likeness (QED) is 0.526. The number of nitrogens with zero attached hydrogens (tertiary/aromatic N) is 2. The van der Waals surface area contributed by atoms with Gasteiger partial charge in [-0.1, -0.05) is 59.6 Å². The van der Waals surface area contributed by atoms with Crippen LogP contribution >= 0.6 is 15.9 Å². The Kier molecular flexibility index (Phi) is 6.77. The second kappa shape index (κ2) is 9.14. The Labute approximate surface area is 184 Å². The molecule has 0 aliphatic rings. The second-order valence-corrected chi connectivity index (χ2v) is 9.81. The van der Waals surface area contributed by atoms with Gasteiger partial charge in [-0.15, -0.1) is 0 Å². The molecule has 8 heteroatoms. The molecule has 0 saturated carbocycles. The molecule has 1 heterocycles. The minimum Gasteiger partial charge on any atom is -0.492 e. The lowest BCUT2D eigenvalue weighted by Gasteiger charge is -2.21. The average molecular weight is 491 g/mol. The summed E-state index contributed by atoms with van der Waals surface area (Å²) in [5.41, 5.74) is 0.0738. The van der Waals surface area contributed by atoms with Crippen molar-refractivity contribution in [3.05, 3.63) is 80.8 Å². The molecule has 0 bridgehead atoms. The van der Waals surface area contributed by atoms with E-state index in [2.05, 4.69) is 20.9 Å². The van der Waals surface area contributed by atoms with Crippen molar-refractivity contribution in [2.45, 2.75) is 48.9 Å². The molecular weight excluding hydrogens is 468 g/mol. The van der Waals surface area contributed by atoms with Crippen molar-refractivity contribution < 1.29 is 13.5 Å². The Bertz CT molecular complexity index is 1190. The van der Waals surface area contributed by atoms with E-state index in [1.807, 2.05) is 44.2 Å². The lowest BCUT2D eigenvalue weighted by atomic mass is 10.1. The van der Waals surface area contributed by atoms with Gasteiger partial charge in [0.05, 0.1) is 10.9 Å². The molecule has 0 fully saturated rings. The maximum absolute atomic E-state index is 13.4. The third-order valence-electron chi connectivity index (χ3n) is 4.95. The lowest BCUT2D eigenvalue weighted by Crippen LogP contribution is -2.32. The van der Waals surface area contributed by atoms with Crippen LogP contribution in [0.15, 0.2) is 73.7 Å². The summed E-state index contributed by atoms with van der Waals surface area (Å²) in [5.74, 6) is -0.393. The summed E-state index contributed by atoms with van der Waals surface area (Å²) >= 11 is 3.27. The Morgan fingerprint density at radius 2 is 1.73 bits per heavy atom. The van der Waals surface area contributed by atoms with Gasteiger partial charge in [-0.2, -0.15) is 4.98 Å². The van der Waals surface area contributed by atoms with Gasteiger partial charge in [-0.3, -0.25) is 9.36 Å². The van der Waals surface area contributed by atoms with Gasteiger partial charge >= 0.3 is 0 Å². The fourth-order valence-corrected chi connectivity index (χ4v) is 4.92. The summed E-state index contributed by atoms with van der Waals surface area (Å²) < 4.78 is 28.5. The first kappa shape index (κ1) is 22.2. The van der Waals surface area contributed by atoms with Crippen molar-refractivity contribution in [1.82, 2.24) is 9.55 Å². The van der Waals surface area contributed by atoms with Gasteiger partial charge in [0.25, 0.3) is 5.56 Å². The molecule has 2 aromatic carbocycles. The summed E-state index contributed by atoms with van der Waals surface area (Å²) in [6.07, 6.45) is 2.08. The highest BCUT2D eigenvalue weighted by Crippen LogP contribution is 2.28. The van der Waals surface area contributed by atoms with E-state index in [0.717, 1.165) is 18.4 Å². The maximum Gasteiger partial charge on any atom is 0.277 e. The molecule has 6 nitrogen and oxygen atoms in total. The number of benzene rings is 2. The first-order valence-electron chi connectivity index (χ1n) is 9.67. The number of hydrogen-bond acceptors (Lipinski definition) is 5. The van der Waals surface area contributed by atoms with E-state index < -0.39 is 32.2 Å². The largest absolute Gasteiger partial charge is 0.492 e. The Hall–Kier alpha value is -2.45. The second-order valence-electron chi connectivity index (χ2n) is 7.00. The van der Waals surface area contributed by atoms with Crippen LogP contribution in [-0.2, 0) is 16.3 Å². The molecule has 1 unspecified atom stereocenters. The molecule has 0 spiro atoms. The molecule has 1 atom stereocenters. The molecule has 1 N–H and O–H groups in total. The minimum absolute atomic E-state index is 0.0832. The fraction of sp³-hybridized carbons (Fsp3) is 0.273. The number of halogens is 1. The van der Waals surface area contributed by atoms with Gasteiger partial charge < -0.3 is 5.11 Å². The van der Waals surface area contributed by atoms with Gasteiger partial charge in [0, 0.05) is 10.9 Å². The van der Waals surface area contributed by atoms with E-state index in [1.54, 1.807) is 12.1 Å². The van der Waals surface area contributed by atoms with Crippen molar-refractivity contribution in [2.75, 3.05) is 0 Å². The highest BCUT2D eigenvalue weighted by Gasteiger charge is 2.30. The molecular formula is C22H23BrN2O4S. The molecule has 158 valence electrons. The molecule has 1 aromatic heterocycles. The smallest absolute Gasteiger partial charge is 0.277 e. The van der Waals surface area contributed by atoms with Crippen molar-refractivity contribution in [2.24, 2.45) is 0 Å². The molecule has 0 saturated heterocycles. The van der Waals surface area contributed by atoms with E-state index in [1.165, 1.54) is 16.7 Å². The Balaban J connectivity index is 2.25. The lowest BCUT2D eigenvalue weighted by molar-refractivity contribution is 0.412. The van der Waals surface area contributed by atoms with Crippen molar-refractivity contribution >= 4 is 25.8 Å². The van der Waals surface area contributed by atoms with Gasteiger partial charge in [0.2, 0.25) is 15.7 Å². The van der Waals surface area contributed by atoms with E-state index in [0.29, 0.717) is 16.7 Å². The van der Waals surface area contributed by atoms with Crippen molar-refractivity contribution in [3.63, 3.8) is 0 Å². The molecule has 3 aromatic rings. The van der Waals surface area contributed by atoms with Crippen LogP contribution < -0.4 is 5.56 Å². The standard InChI is InChI=1S/C22H23BrN2O4S/c1-3-4-10-19-24-21(26)20(30(28,29)18-13-11-17(23)12-14-18)22(27)25(19)15(2)16-8-6-5-7-9-16/h5-9,11-15,26H,3-4,10H2,1-2H3. The summed E-state index contributed by atoms with van der Waals surface area (Å²) in [4.78, 5) is 16.8. The molecule has 0 radical (unpaired) electrons. The number of sulfone groups is 1. The third kappa shape index (κ3) is 4.34. The molecule has 0 amide bonds. The zero-order chi connectivity index (χ0) is 21.9. The first-order chi connectivity index (χ1) is 14.3. The fourth-order valence-electron chi connectivity index (χ4n) is 3.31. The van der Waals surface area contributed by atoms with Crippen LogP contribution in [-0.4, -0.2) is 23.1 Å². The molecule has 0 aliphatic heterocycles.